The Labute approximate surface area is 165 Å². The van der Waals surface area contributed by atoms with Gasteiger partial charge in [0.25, 0.3) is 5.91 Å². The molecule has 0 heterocycles. The molecule has 26 heavy (non-hydrogen) atoms. The standard InChI is InChI=1S/C21H36N2O2.ClH/c1-5-6-7-8-9-12-15-22-16-18-13-10-11-14-19(18)25-17-20(24)23-21(2,3)4;/h10-11,13-14,22H,5-9,12,15-17H2,1-4H3,(H,23,24);1H. The molecule has 1 aromatic rings. The van der Waals surface area contributed by atoms with Crippen LogP contribution in [0.2, 0.25) is 0 Å². The third kappa shape index (κ3) is 12.2. The van der Waals surface area contributed by atoms with Crippen LogP contribution < -0.4 is 15.4 Å². The molecular weight excluding hydrogens is 348 g/mol. The maximum Gasteiger partial charge on any atom is 0.258 e. The summed E-state index contributed by atoms with van der Waals surface area (Å²) >= 11 is 0. The number of benzene rings is 1. The van der Waals surface area contributed by atoms with Gasteiger partial charge >= 0.3 is 0 Å². The van der Waals surface area contributed by atoms with Crippen LogP contribution in [-0.4, -0.2) is 24.6 Å². The Morgan fingerprint density at radius 1 is 1.04 bits per heavy atom. The van der Waals surface area contributed by atoms with Crippen LogP contribution in [0.5, 0.6) is 5.75 Å². The van der Waals surface area contributed by atoms with Crippen molar-refractivity contribution in [3.63, 3.8) is 0 Å². The van der Waals surface area contributed by atoms with Crippen LogP contribution in [0.4, 0.5) is 0 Å². The van der Waals surface area contributed by atoms with Crippen molar-refractivity contribution in [3.05, 3.63) is 29.8 Å². The second kappa shape index (κ2) is 13.9. The van der Waals surface area contributed by atoms with Gasteiger partial charge in [-0.2, -0.15) is 0 Å². The summed E-state index contributed by atoms with van der Waals surface area (Å²) in [5, 5.41) is 6.39. The summed E-state index contributed by atoms with van der Waals surface area (Å²) in [6, 6.07) is 7.91. The van der Waals surface area contributed by atoms with Gasteiger partial charge in [-0.25, -0.2) is 0 Å². The van der Waals surface area contributed by atoms with Gasteiger partial charge in [-0.3, -0.25) is 4.79 Å². The Balaban J connectivity index is 0.00000625. The van der Waals surface area contributed by atoms with Gasteiger partial charge in [-0.05, 0) is 39.8 Å². The Hall–Kier alpha value is -1.26. The van der Waals surface area contributed by atoms with E-state index in [9.17, 15) is 4.79 Å². The maximum absolute atomic E-state index is 11.9. The SMILES string of the molecule is CCCCCCCCNCc1ccccc1OCC(=O)NC(C)(C)C.Cl. The first-order valence-corrected chi connectivity index (χ1v) is 9.65. The molecule has 1 rings (SSSR count). The number of amides is 1. The third-order valence-electron chi connectivity index (χ3n) is 3.87. The summed E-state index contributed by atoms with van der Waals surface area (Å²) in [6.45, 7) is 9.97. The molecule has 0 atom stereocenters. The number of unbranched alkanes of at least 4 members (excludes halogenated alkanes) is 5. The molecule has 0 aliphatic carbocycles. The van der Waals surface area contributed by atoms with Crippen LogP contribution in [0.3, 0.4) is 0 Å². The highest BCUT2D eigenvalue weighted by molar-refractivity contribution is 5.85. The summed E-state index contributed by atoms with van der Waals surface area (Å²) in [5.74, 6) is 0.685. The number of ether oxygens (including phenoxy) is 1. The number of carbonyl (C=O) groups excluding carboxylic acids is 1. The molecular formula is C21H37ClN2O2. The first-order valence-electron chi connectivity index (χ1n) is 9.65. The Morgan fingerprint density at radius 2 is 1.69 bits per heavy atom. The van der Waals surface area contributed by atoms with Crippen molar-refractivity contribution >= 4 is 18.3 Å². The molecule has 1 aromatic carbocycles. The lowest BCUT2D eigenvalue weighted by atomic mass is 10.1. The van der Waals surface area contributed by atoms with Crippen molar-refractivity contribution in [2.24, 2.45) is 0 Å². The fraction of sp³-hybridized carbons (Fsp3) is 0.667. The van der Waals surface area contributed by atoms with E-state index >= 15 is 0 Å². The first kappa shape index (κ1) is 24.7. The summed E-state index contributed by atoms with van der Waals surface area (Å²) in [4.78, 5) is 11.9. The number of rotatable bonds is 12. The van der Waals surface area contributed by atoms with E-state index in [1.165, 1.54) is 38.5 Å². The molecule has 5 heteroatoms. The van der Waals surface area contributed by atoms with Crippen LogP contribution in [0.25, 0.3) is 0 Å². The molecule has 4 nitrogen and oxygen atoms in total. The number of halogens is 1. The van der Waals surface area contributed by atoms with Gasteiger partial charge in [0.1, 0.15) is 5.75 Å². The van der Waals surface area contributed by atoms with Crippen molar-refractivity contribution in [1.29, 1.82) is 0 Å². The second-order valence-electron chi connectivity index (χ2n) is 7.64. The topological polar surface area (TPSA) is 50.4 Å². The molecule has 0 spiro atoms. The van der Waals surface area contributed by atoms with E-state index in [2.05, 4.69) is 17.6 Å². The first-order chi connectivity index (χ1) is 11.9. The zero-order valence-electron chi connectivity index (χ0n) is 16.9. The minimum absolute atomic E-state index is 0. The maximum atomic E-state index is 11.9. The Morgan fingerprint density at radius 3 is 2.38 bits per heavy atom. The zero-order valence-corrected chi connectivity index (χ0v) is 17.7. The molecule has 0 bridgehead atoms. The molecule has 0 aromatic heterocycles. The van der Waals surface area contributed by atoms with Gasteiger partial charge in [0.05, 0.1) is 0 Å². The predicted octanol–water partition coefficient (Wildman–Crippen LogP) is 4.85. The van der Waals surface area contributed by atoms with E-state index < -0.39 is 0 Å². The van der Waals surface area contributed by atoms with E-state index in [1.807, 2.05) is 45.0 Å². The fourth-order valence-corrected chi connectivity index (χ4v) is 2.64. The molecule has 0 radical (unpaired) electrons. The molecule has 0 unspecified atom stereocenters. The lowest BCUT2D eigenvalue weighted by Crippen LogP contribution is -2.43. The van der Waals surface area contributed by atoms with Crippen molar-refractivity contribution < 1.29 is 9.53 Å². The average Bonchev–Trinajstić information content (AvgIpc) is 2.54. The van der Waals surface area contributed by atoms with Gasteiger partial charge in [0, 0.05) is 17.6 Å². The number of carbonyl (C=O) groups is 1. The second-order valence-corrected chi connectivity index (χ2v) is 7.64. The minimum atomic E-state index is -0.237. The van der Waals surface area contributed by atoms with Crippen LogP contribution >= 0.6 is 12.4 Å². The normalized spacial score (nSPS) is 10.9. The number of nitrogens with one attached hydrogen (secondary N) is 2. The molecule has 150 valence electrons. The number of hydrogen-bond donors (Lipinski definition) is 2. The summed E-state index contributed by atoms with van der Waals surface area (Å²) in [6.07, 6.45) is 7.82. The van der Waals surface area contributed by atoms with Crippen LogP contribution in [0, 0.1) is 0 Å². The molecule has 0 fully saturated rings. The lowest BCUT2D eigenvalue weighted by Gasteiger charge is -2.20. The number of hydrogen-bond acceptors (Lipinski definition) is 3. The van der Waals surface area contributed by atoms with Crippen molar-refractivity contribution in [2.75, 3.05) is 13.2 Å². The van der Waals surface area contributed by atoms with Gasteiger partial charge in [-0.1, -0.05) is 57.2 Å². The van der Waals surface area contributed by atoms with Gasteiger partial charge in [-0.15, -0.1) is 12.4 Å². The van der Waals surface area contributed by atoms with Crippen molar-refractivity contribution in [1.82, 2.24) is 10.6 Å². The van der Waals surface area contributed by atoms with Gasteiger partial charge < -0.3 is 15.4 Å². The zero-order chi connectivity index (χ0) is 18.5. The van der Waals surface area contributed by atoms with E-state index in [-0.39, 0.29) is 30.5 Å². The Kier molecular flexibility index (Phi) is 13.2. The minimum Gasteiger partial charge on any atom is -0.483 e. The molecule has 0 saturated carbocycles. The third-order valence-corrected chi connectivity index (χ3v) is 3.87. The quantitative estimate of drug-likeness (QED) is 0.506. The molecule has 2 N–H and O–H groups in total. The van der Waals surface area contributed by atoms with Gasteiger partial charge in [0.15, 0.2) is 6.61 Å². The molecule has 0 saturated heterocycles. The highest BCUT2D eigenvalue weighted by Gasteiger charge is 2.14. The van der Waals surface area contributed by atoms with Crippen LogP contribution in [0.1, 0.15) is 71.8 Å². The summed E-state index contributed by atoms with van der Waals surface area (Å²) in [5.41, 5.74) is 0.857. The van der Waals surface area contributed by atoms with E-state index in [4.69, 9.17) is 4.74 Å². The highest BCUT2D eigenvalue weighted by Crippen LogP contribution is 2.17. The average molecular weight is 385 g/mol. The lowest BCUT2D eigenvalue weighted by molar-refractivity contribution is -0.124. The van der Waals surface area contributed by atoms with Crippen LogP contribution in [0.15, 0.2) is 24.3 Å². The highest BCUT2D eigenvalue weighted by atomic mass is 35.5. The van der Waals surface area contributed by atoms with Crippen molar-refractivity contribution in [3.8, 4) is 5.75 Å². The smallest absolute Gasteiger partial charge is 0.258 e. The summed E-state index contributed by atoms with van der Waals surface area (Å²) < 4.78 is 5.72. The molecule has 0 aliphatic heterocycles. The molecule has 1 amide bonds. The summed E-state index contributed by atoms with van der Waals surface area (Å²) in [7, 11) is 0. The number of para-hydroxylation sites is 1. The van der Waals surface area contributed by atoms with E-state index in [0.717, 1.165) is 24.4 Å². The predicted molar refractivity (Wildman–Crippen MR) is 112 cm³/mol. The fourth-order valence-electron chi connectivity index (χ4n) is 2.64. The largest absolute Gasteiger partial charge is 0.483 e. The Bertz CT molecular complexity index is 501. The van der Waals surface area contributed by atoms with Crippen molar-refractivity contribution in [2.45, 2.75) is 78.3 Å². The van der Waals surface area contributed by atoms with Crippen LogP contribution in [-0.2, 0) is 11.3 Å². The monoisotopic (exact) mass is 384 g/mol. The van der Waals surface area contributed by atoms with E-state index in [1.54, 1.807) is 0 Å². The molecule has 0 aliphatic rings. The van der Waals surface area contributed by atoms with Gasteiger partial charge in [0.2, 0.25) is 0 Å². The van der Waals surface area contributed by atoms with E-state index in [0.29, 0.717) is 0 Å².